The standard InChI is InChI=1S/C10H12N4O4/c1-7(2)6-11-12-9-4-3-8(13(15)16)5-10(9)14(17)18/h3-6,12,17-18H,1H2,2H3/q-2. The van der Waals surface area contributed by atoms with E-state index in [1.807, 2.05) is 0 Å². The fraction of sp³-hybridized carbons (Fsp3) is 0.100. The third-order valence-electron chi connectivity index (χ3n) is 1.88. The highest BCUT2D eigenvalue weighted by molar-refractivity contribution is 5.79. The Labute approximate surface area is 103 Å². The molecule has 0 saturated heterocycles. The maximum atomic E-state index is 10.6. The zero-order chi connectivity index (χ0) is 13.7. The van der Waals surface area contributed by atoms with Gasteiger partial charge in [0.1, 0.15) is 5.69 Å². The predicted molar refractivity (Wildman–Crippen MR) is 68.6 cm³/mol. The SMILES string of the molecule is C=C(C)C=NNc1ccc(N([O-])[O-])cc1N(O)O. The molecule has 0 saturated carbocycles. The highest BCUT2D eigenvalue weighted by Crippen LogP contribution is 2.29. The van der Waals surface area contributed by atoms with Gasteiger partial charge in [-0.15, -0.1) is 5.23 Å². The van der Waals surface area contributed by atoms with E-state index in [9.17, 15) is 10.4 Å². The van der Waals surface area contributed by atoms with Crippen LogP contribution in [0.2, 0.25) is 0 Å². The molecule has 8 nitrogen and oxygen atoms in total. The minimum atomic E-state index is -0.645. The van der Waals surface area contributed by atoms with Crippen molar-refractivity contribution in [3.05, 3.63) is 40.8 Å². The van der Waals surface area contributed by atoms with Crippen molar-refractivity contribution in [2.24, 2.45) is 5.10 Å². The molecule has 1 aromatic rings. The van der Waals surface area contributed by atoms with E-state index < -0.39 is 5.23 Å². The minimum Gasteiger partial charge on any atom is -0.769 e. The number of hydrogen-bond donors (Lipinski definition) is 3. The summed E-state index contributed by atoms with van der Waals surface area (Å²) >= 11 is 0. The first kappa shape index (κ1) is 13.9. The van der Waals surface area contributed by atoms with E-state index in [1.54, 1.807) is 6.92 Å². The maximum absolute atomic E-state index is 10.6. The van der Waals surface area contributed by atoms with Gasteiger partial charge in [0.15, 0.2) is 0 Å². The number of allylic oxidation sites excluding steroid dienone is 1. The lowest BCUT2D eigenvalue weighted by Gasteiger charge is -2.37. The topological polar surface area (TPSA) is 117 Å². The van der Waals surface area contributed by atoms with E-state index in [2.05, 4.69) is 17.1 Å². The smallest absolute Gasteiger partial charge is 0.121 e. The van der Waals surface area contributed by atoms with Gasteiger partial charge >= 0.3 is 0 Å². The van der Waals surface area contributed by atoms with Gasteiger partial charge in [-0.1, -0.05) is 6.58 Å². The fourth-order valence-electron chi connectivity index (χ4n) is 1.11. The molecule has 0 aliphatic heterocycles. The van der Waals surface area contributed by atoms with E-state index in [0.717, 1.165) is 6.07 Å². The maximum Gasteiger partial charge on any atom is 0.121 e. The average Bonchev–Trinajstić information content (AvgIpc) is 2.28. The molecular weight excluding hydrogens is 240 g/mol. The number of benzene rings is 1. The summed E-state index contributed by atoms with van der Waals surface area (Å²) in [5, 5.41) is 42.0. The molecule has 0 spiro atoms. The molecule has 8 heteroatoms. The lowest BCUT2D eigenvalue weighted by atomic mass is 10.2. The van der Waals surface area contributed by atoms with Gasteiger partial charge < -0.3 is 15.6 Å². The van der Waals surface area contributed by atoms with Crippen LogP contribution >= 0.6 is 0 Å². The first-order valence-corrected chi connectivity index (χ1v) is 4.82. The molecule has 0 atom stereocenters. The molecule has 98 valence electrons. The second-order valence-corrected chi connectivity index (χ2v) is 3.46. The van der Waals surface area contributed by atoms with Gasteiger partial charge in [0.2, 0.25) is 0 Å². The Balaban J connectivity index is 3.00. The van der Waals surface area contributed by atoms with Crippen LogP contribution in [0.5, 0.6) is 0 Å². The molecule has 18 heavy (non-hydrogen) atoms. The van der Waals surface area contributed by atoms with Gasteiger partial charge in [0, 0.05) is 11.9 Å². The molecular formula is C10H12N4O4-2. The van der Waals surface area contributed by atoms with Crippen LogP contribution in [0.15, 0.2) is 35.5 Å². The molecule has 0 bridgehead atoms. The largest absolute Gasteiger partial charge is 0.769 e. The molecule has 1 aromatic carbocycles. The van der Waals surface area contributed by atoms with E-state index in [4.69, 9.17) is 10.4 Å². The number of hydrazone groups is 1. The molecule has 0 amide bonds. The van der Waals surface area contributed by atoms with Gasteiger partial charge in [-0.2, -0.15) is 5.10 Å². The molecule has 0 heterocycles. The van der Waals surface area contributed by atoms with E-state index in [0.29, 0.717) is 5.57 Å². The van der Waals surface area contributed by atoms with Crippen molar-refractivity contribution in [1.82, 2.24) is 0 Å². The summed E-state index contributed by atoms with van der Waals surface area (Å²) in [7, 11) is 0. The summed E-state index contributed by atoms with van der Waals surface area (Å²) in [5.41, 5.74) is 2.94. The first-order chi connectivity index (χ1) is 8.41. The number of nitrogens with one attached hydrogen (secondary N) is 1. The van der Waals surface area contributed by atoms with Crippen molar-refractivity contribution in [3.63, 3.8) is 0 Å². The van der Waals surface area contributed by atoms with Gasteiger partial charge in [-0.25, -0.2) is 0 Å². The molecule has 3 N–H and O–H groups in total. The molecule has 0 unspecified atom stereocenters. The van der Waals surface area contributed by atoms with Gasteiger partial charge in [-0.3, -0.25) is 15.8 Å². The van der Waals surface area contributed by atoms with Crippen LogP contribution in [0.1, 0.15) is 6.92 Å². The lowest BCUT2D eigenvalue weighted by molar-refractivity contribution is 0.0295. The van der Waals surface area contributed by atoms with Crippen LogP contribution in [-0.2, 0) is 0 Å². The van der Waals surface area contributed by atoms with Crippen LogP contribution in [0, 0.1) is 10.4 Å². The van der Waals surface area contributed by atoms with Crippen LogP contribution in [-0.4, -0.2) is 16.6 Å². The Hall–Kier alpha value is -2.13. The second-order valence-electron chi connectivity index (χ2n) is 3.46. The summed E-state index contributed by atoms with van der Waals surface area (Å²) in [5.74, 6) is 0. The van der Waals surface area contributed by atoms with Crippen LogP contribution < -0.4 is 15.9 Å². The Morgan fingerprint density at radius 1 is 1.44 bits per heavy atom. The monoisotopic (exact) mass is 252 g/mol. The summed E-state index contributed by atoms with van der Waals surface area (Å²) in [4.78, 5) is 0. The third-order valence-corrected chi connectivity index (χ3v) is 1.88. The first-order valence-electron chi connectivity index (χ1n) is 4.82. The predicted octanol–water partition coefficient (Wildman–Crippen LogP) is 2.05. The molecule has 0 radical (unpaired) electrons. The zero-order valence-electron chi connectivity index (χ0n) is 9.57. The summed E-state index contributed by atoms with van der Waals surface area (Å²) in [6, 6.07) is 3.52. The average molecular weight is 252 g/mol. The van der Waals surface area contributed by atoms with Crippen molar-refractivity contribution >= 4 is 23.3 Å². The Bertz CT molecular complexity index is 459. The molecule has 0 aliphatic carbocycles. The van der Waals surface area contributed by atoms with E-state index >= 15 is 0 Å². The van der Waals surface area contributed by atoms with Crippen molar-refractivity contribution in [2.45, 2.75) is 6.92 Å². The second kappa shape index (κ2) is 5.98. The van der Waals surface area contributed by atoms with Crippen LogP contribution in [0.4, 0.5) is 17.1 Å². The summed E-state index contributed by atoms with van der Waals surface area (Å²) < 4.78 is 0. The highest BCUT2D eigenvalue weighted by Gasteiger charge is 2.07. The summed E-state index contributed by atoms with van der Waals surface area (Å²) in [6.45, 7) is 5.32. The quantitative estimate of drug-likeness (QED) is 0.542. The summed E-state index contributed by atoms with van der Waals surface area (Å²) in [6.07, 6.45) is 1.42. The van der Waals surface area contributed by atoms with Crippen molar-refractivity contribution in [1.29, 1.82) is 0 Å². The highest BCUT2D eigenvalue weighted by atomic mass is 16.8. The van der Waals surface area contributed by atoms with Crippen molar-refractivity contribution in [2.75, 3.05) is 15.9 Å². The van der Waals surface area contributed by atoms with Gasteiger partial charge in [-0.05, 0) is 30.7 Å². The normalized spacial score (nSPS) is 10.5. The zero-order valence-corrected chi connectivity index (χ0v) is 9.57. The van der Waals surface area contributed by atoms with Crippen LogP contribution in [0.25, 0.3) is 0 Å². The Morgan fingerprint density at radius 2 is 2.11 bits per heavy atom. The number of anilines is 3. The number of nitrogens with zero attached hydrogens (tertiary/aromatic N) is 3. The third kappa shape index (κ3) is 3.71. The lowest BCUT2D eigenvalue weighted by Crippen LogP contribution is -2.14. The van der Waals surface area contributed by atoms with Gasteiger partial charge in [0.05, 0.1) is 5.69 Å². The Kier molecular flexibility index (Phi) is 4.63. The number of rotatable bonds is 5. The minimum absolute atomic E-state index is 0.192. The van der Waals surface area contributed by atoms with Crippen molar-refractivity contribution in [3.8, 4) is 0 Å². The molecule has 0 fully saturated rings. The number of hydrogen-bond acceptors (Lipinski definition) is 8. The molecule has 1 rings (SSSR count). The van der Waals surface area contributed by atoms with Crippen molar-refractivity contribution < 1.29 is 10.4 Å². The van der Waals surface area contributed by atoms with E-state index in [-0.39, 0.29) is 22.3 Å². The van der Waals surface area contributed by atoms with Gasteiger partial charge in [0.25, 0.3) is 0 Å². The molecule has 0 aliphatic rings. The Morgan fingerprint density at radius 3 is 2.61 bits per heavy atom. The fourth-order valence-corrected chi connectivity index (χ4v) is 1.11. The van der Waals surface area contributed by atoms with E-state index in [1.165, 1.54) is 18.3 Å². The van der Waals surface area contributed by atoms with Crippen LogP contribution in [0.3, 0.4) is 0 Å². The molecule has 0 aromatic heterocycles.